The van der Waals surface area contributed by atoms with Crippen molar-refractivity contribution in [3.8, 4) is 0 Å². The van der Waals surface area contributed by atoms with Crippen molar-refractivity contribution in [1.82, 2.24) is 20.2 Å². The van der Waals surface area contributed by atoms with Gasteiger partial charge in [-0.05, 0) is 13.8 Å². The van der Waals surface area contributed by atoms with Gasteiger partial charge >= 0.3 is 0 Å². The average molecular weight is 238 g/mol. The Hall–Kier alpha value is -1.65. The third-order valence-electron chi connectivity index (χ3n) is 1.77. The van der Waals surface area contributed by atoms with Crippen molar-refractivity contribution < 1.29 is 4.52 Å². The molecule has 0 unspecified atom stereocenters. The zero-order valence-corrected chi connectivity index (χ0v) is 11.3. The minimum absolute atomic E-state index is 0.855. The summed E-state index contributed by atoms with van der Waals surface area (Å²) in [4.78, 5) is 1.66. The maximum absolute atomic E-state index is 4.73. The number of rotatable bonds is 2. The number of nitrogens with zero attached hydrogens (tertiary/aromatic N) is 4. The van der Waals surface area contributed by atoms with Crippen LogP contribution in [0, 0.1) is 6.92 Å². The van der Waals surface area contributed by atoms with Crippen LogP contribution in [0.2, 0.25) is 0 Å². The Morgan fingerprint density at radius 2 is 2.00 bits per heavy atom. The van der Waals surface area contributed by atoms with Crippen molar-refractivity contribution in [2.45, 2.75) is 47.6 Å². The van der Waals surface area contributed by atoms with E-state index in [4.69, 9.17) is 4.52 Å². The third-order valence-corrected chi connectivity index (χ3v) is 1.77. The van der Waals surface area contributed by atoms with Gasteiger partial charge in [-0.3, -0.25) is 0 Å². The fourth-order valence-electron chi connectivity index (χ4n) is 0.961. The number of hydrogen-bond donors (Lipinski definition) is 0. The Kier molecular flexibility index (Phi) is 8.64. The minimum atomic E-state index is 0.855. The van der Waals surface area contributed by atoms with Crippen molar-refractivity contribution >= 4 is 0 Å². The van der Waals surface area contributed by atoms with Crippen LogP contribution in [0.3, 0.4) is 0 Å². The van der Waals surface area contributed by atoms with Gasteiger partial charge in [0.05, 0.1) is 24.6 Å². The maximum atomic E-state index is 4.73. The van der Waals surface area contributed by atoms with E-state index in [1.807, 2.05) is 40.7 Å². The molecule has 17 heavy (non-hydrogen) atoms. The normalized spacial score (nSPS) is 8.76. The Labute approximate surface area is 103 Å². The molecule has 5 heteroatoms. The van der Waals surface area contributed by atoms with Crippen LogP contribution < -0.4 is 0 Å². The van der Waals surface area contributed by atoms with Gasteiger partial charge in [-0.2, -0.15) is 15.0 Å². The monoisotopic (exact) mass is 238 g/mol. The van der Waals surface area contributed by atoms with Gasteiger partial charge in [0, 0.05) is 12.5 Å². The first kappa shape index (κ1) is 15.3. The van der Waals surface area contributed by atoms with E-state index < -0.39 is 0 Å². The molecule has 0 spiro atoms. The van der Waals surface area contributed by atoms with Gasteiger partial charge < -0.3 is 4.52 Å². The molecule has 0 N–H and O–H groups in total. The van der Waals surface area contributed by atoms with Crippen LogP contribution >= 0.6 is 0 Å². The smallest absolute Gasteiger partial charge is 0.136 e. The molecule has 0 saturated carbocycles. The van der Waals surface area contributed by atoms with Crippen LogP contribution in [0.5, 0.6) is 0 Å². The molecule has 96 valence electrons. The molecule has 0 bridgehead atoms. The summed E-state index contributed by atoms with van der Waals surface area (Å²) in [5.41, 5.74) is 0.979. The van der Waals surface area contributed by atoms with Crippen LogP contribution in [0.1, 0.15) is 39.1 Å². The molecule has 0 aliphatic heterocycles. The van der Waals surface area contributed by atoms with Crippen LogP contribution in [-0.2, 0) is 13.0 Å². The van der Waals surface area contributed by atoms with Gasteiger partial charge in [-0.15, -0.1) is 0 Å². The molecule has 0 saturated heterocycles. The van der Waals surface area contributed by atoms with Crippen molar-refractivity contribution in [1.29, 1.82) is 0 Å². The lowest BCUT2D eigenvalue weighted by Crippen LogP contribution is -1.97. The summed E-state index contributed by atoms with van der Waals surface area (Å²) in [7, 11) is 0. The summed E-state index contributed by atoms with van der Waals surface area (Å²) in [5, 5.41) is 11.5. The van der Waals surface area contributed by atoms with E-state index in [2.05, 4.69) is 15.4 Å². The van der Waals surface area contributed by atoms with Gasteiger partial charge in [0.1, 0.15) is 5.76 Å². The fraction of sp³-hybridized carbons (Fsp3) is 0.583. The topological polar surface area (TPSA) is 56.7 Å². The summed E-state index contributed by atoms with van der Waals surface area (Å²) in [6, 6.07) is 1.86. The predicted molar refractivity (Wildman–Crippen MR) is 67.7 cm³/mol. The zero-order valence-electron chi connectivity index (χ0n) is 11.3. The Morgan fingerprint density at radius 1 is 1.29 bits per heavy atom. The molecule has 0 atom stereocenters. The molecule has 5 nitrogen and oxygen atoms in total. The van der Waals surface area contributed by atoms with Crippen LogP contribution in [0.25, 0.3) is 0 Å². The molecule has 0 amide bonds. The highest BCUT2D eigenvalue weighted by atomic mass is 16.5. The first-order valence-electron chi connectivity index (χ1n) is 6.02. The second kappa shape index (κ2) is 9.57. The van der Waals surface area contributed by atoms with Crippen molar-refractivity contribution in [2.75, 3.05) is 0 Å². The van der Waals surface area contributed by atoms with E-state index in [-0.39, 0.29) is 0 Å². The van der Waals surface area contributed by atoms with Crippen LogP contribution in [0.15, 0.2) is 23.0 Å². The summed E-state index contributed by atoms with van der Waals surface area (Å²) in [6.45, 7) is 10.8. The SMILES string of the molecule is CC.CCc1ccno1.CCn1ncc(C)n1. The summed E-state index contributed by atoms with van der Waals surface area (Å²) in [6.07, 6.45) is 4.34. The van der Waals surface area contributed by atoms with Gasteiger partial charge in [-0.25, -0.2) is 0 Å². The molecule has 0 aromatic carbocycles. The largest absolute Gasteiger partial charge is 0.361 e. The van der Waals surface area contributed by atoms with Crippen molar-refractivity contribution in [3.05, 3.63) is 29.9 Å². The summed E-state index contributed by atoms with van der Waals surface area (Å²) >= 11 is 0. The molecule has 2 heterocycles. The molecule has 2 rings (SSSR count). The van der Waals surface area contributed by atoms with E-state index in [0.29, 0.717) is 0 Å². The van der Waals surface area contributed by atoms with Crippen molar-refractivity contribution in [3.63, 3.8) is 0 Å². The summed E-state index contributed by atoms with van der Waals surface area (Å²) in [5.74, 6) is 0.944. The lowest BCUT2D eigenvalue weighted by atomic mass is 10.4. The number of aromatic nitrogens is 4. The molecule has 0 fully saturated rings. The highest BCUT2D eigenvalue weighted by Gasteiger charge is 1.88. The predicted octanol–water partition coefficient (Wildman–Crippen LogP) is 2.87. The highest BCUT2D eigenvalue weighted by molar-refractivity contribution is 4.90. The van der Waals surface area contributed by atoms with Gasteiger partial charge in [0.15, 0.2) is 0 Å². The number of aryl methyl sites for hydroxylation is 3. The first-order chi connectivity index (χ1) is 8.26. The van der Waals surface area contributed by atoms with E-state index in [1.54, 1.807) is 17.2 Å². The molecule has 2 aromatic heterocycles. The second-order valence-corrected chi connectivity index (χ2v) is 3.01. The quantitative estimate of drug-likeness (QED) is 0.807. The molecule has 0 radical (unpaired) electrons. The molecule has 2 aromatic rings. The van der Waals surface area contributed by atoms with E-state index in [0.717, 1.165) is 24.4 Å². The lowest BCUT2D eigenvalue weighted by molar-refractivity contribution is 0.387. The zero-order chi connectivity index (χ0) is 13.1. The molecule has 0 aliphatic carbocycles. The molecular formula is C12H22N4O. The maximum Gasteiger partial charge on any atom is 0.136 e. The van der Waals surface area contributed by atoms with Gasteiger partial charge in [0.25, 0.3) is 0 Å². The van der Waals surface area contributed by atoms with Crippen LogP contribution in [0.4, 0.5) is 0 Å². The number of hydrogen-bond acceptors (Lipinski definition) is 4. The Balaban J connectivity index is 0.000000265. The third kappa shape index (κ3) is 6.50. The van der Waals surface area contributed by atoms with Gasteiger partial charge in [0.2, 0.25) is 0 Å². The first-order valence-corrected chi connectivity index (χ1v) is 6.02. The molecule has 0 aliphatic rings. The Bertz CT molecular complexity index is 368. The van der Waals surface area contributed by atoms with Crippen molar-refractivity contribution in [2.24, 2.45) is 0 Å². The lowest BCUT2D eigenvalue weighted by Gasteiger charge is -1.86. The van der Waals surface area contributed by atoms with E-state index in [1.165, 1.54) is 0 Å². The van der Waals surface area contributed by atoms with E-state index in [9.17, 15) is 0 Å². The molecular weight excluding hydrogens is 216 g/mol. The Morgan fingerprint density at radius 3 is 2.24 bits per heavy atom. The minimum Gasteiger partial charge on any atom is -0.361 e. The van der Waals surface area contributed by atoms with E-state index >= 15 is 0 Å². The second-order valence-electron chi connectivity index (χ2n) is 3.01. The van der Waals surface area contributed by atoms with Gasteiger partial charge in [-0.1, -0.05) is 25.9 Å². The fourth-order valence-corrected chi connectivity index (χ4v) is 0.961. The van der Waals surface area contributed by atoms with Crippen LogP contribution in [-0.4, -0.2) is 20.2 Å². The highest BCUT2D eigenvalue weighted by Crippen LogP contribution is 1.94. The summed E-state index contributed by atoms with van der Waals surface area (Å²) < 4.78 is 4.73. The average Bonchev–Trinajstić information content (AvgIpc) is 3.03. The standard InChI is InChI=1S/C5H9N3.C5H7NO.C2H6/c1-3-8-6-4-5(2)7-8;1-2-5-3-4-6-7-5;1-2/h4H,3H2,1-2H3;3-4H,2H2,1H3;1-2H3.